The van der Waals surface area contributed by atoms with Crippen LogP contribution in [0.1, 0.15) is 21.5 Å². The van der Waals surface area contributed by atoms with E-state index in [1.807, 2.05) is 0 Å². The van der Waals surface area contributed by atoms with Gasteiger partial charge >= 0.3 is 0 Å². The van der Waals surface area contributed by atoms with Gasteiger partial charge in [0.2, 0.25) is 11.7 Å². The van der Waals surface area contributed by atoms with E-state index in [0.29, 0.717) is 6.08 Å². The molecule has 2 fully saturated rings. The number of fused-ring (bicyclic) bond motifs is 3. The van der Waals surface area contributed by atoms with Gasteiger partial charge in [-0.15, -0.1) is 0 Å². The maximum Gasteiger partial charge on any atom is 0.235 e. The fourth-order valence-electron chi connectivity index (χ4n) is 6.57. The number of hydrogen-bond donors (Lipinski definition) is 4. The lowest BCUT2D eigenvalue weighted by atomic mass is 9.50. The molecule has 5 N–H and O–H groups in total. The molecule has 0 saturated heterocycles. The van der Waals surface area contributed by atoms with E-state index in [1.54, 1.807) is 0 Å². The van der Waals surface area contributed by atoms with Gasteiger partial charge in [0.1, 0.15) is 5.75 Å². The summed E-state index contributed by atoms with van der Waals surface area (Å²) in [5.74, 6) is -28.6. The number of nitrogens with zero attached hydrogens (tertiary/aromatic N) is 1. The Morgan fingerprint density at radius 3 is 2.05 bits per heavy atom. The molecule has 7 unspecified atom stereocenters. The normalized spacial score (nSPS) is 31.3. The summed E-state index contributed by atoms with van der Waals surface area (Å²) in [4.78, 5) is 67.6. The van der Waals surface area contributed by atoms with Gasteiger partial charge in [-0.25, -0.2) is 22.0 Å². The molecule has 1 amide bonds. The molecule has 0 heterocycles. The van der Waals surface area contributed by atoms with Gasteiger partial charge in [-0.05, 0) is 37.4 Å². The molecule has 2 saturated carbocycles. The van der Waals surface area contributed by atoms with E-state index in [1.165, 1.54) is 14.1 Å². The van der Waals surface area contributed by atoms with Crippen molar-refractivity contribution in [2.75, 3.05) is 14.1 Å². The molecule has 0 aliphatic heterocycles. The smallest absolute Gasteiger partial charge is 0.235 e. The van der Waals surface area contributed by atoms with E-state index in [9.17, 15) is 61.2 Å². The molecule has 0 aromatic heterocycles. The molecule has 3 aliphatic carbocycles. The van der Waals surface area contributed by atoms with Crippen molar-refractivity contribution in [1.82, 2.24) is 4.90 Å². The topological polar surface area (TPSA) is 175 Å². The number of aliphatic hydroxyl groups excluding tert-OH is 1. The first-order valence-electron chi connectivity index (χ1n) is 12.6. The molecule has 5 rings (SSSR count). The summed E-state index contributed by atoms with van der Waals surface area (Å²) < 4.78 is 71.6. The van der Waals surface area contributed by atoms with Gasteiger partial charge in [0.15, 0.2) is 57.9 Å². The fraction of sp³-hybridized carbons (Fsp3) is 0.321. The van der Waals surface area contributed by atoms with Crippen LogP contribution < -0.4 is 5.73 Å². The number of amides is 1. The number of ketones is 4. The highest BCUT2D eigenvalue weighted by atomic mass is 19.2. The molecule has 15 heteroatoms. The lowest BCUT2D eigenvalue weighted by Gasteiger charge is -2.55. The standard InChI is InChI=1S/C28H21F5N2O8/c1-35(2)21-15-23(38)12-8(6-9-16(29)18(31)20(33)19(32)17(9)30)7-4-3-5-10(36)11(7)22(37)13(12)25(40)28(15,43)26(41)14(24(21)39)27(34)42/h3-6,12-15,21,23,36,38,43H,1-2H3,(H2,34,42). The number of aromatic hydroxyl groups is 1. The van der Waals surface area contributed by atoms with Crippen LogP contribution in [0.3, 0.4) is 0 Å². The van der Waals surface area contributed by atoms with E-state index in [2.05, 4.69) is 0 Å². The molecular formula is C28H21F5N2O8. The van der Waals surface area contributed by atoms with Gasteiger partial charge in [-0.3, -0.25) is 28.9 Å². The van der Waals surface area contributed by atoms with Crippen molar-refractivity contribution < 1.29 is 61.2 Å². The molecule has 10 nitrogen and oxygen atoms in total. The van der Waals surface area contributed by atoms with Crippen molar-refractivity contribution >= 4 is 40.7 Å². The third-order valence-corrected chi connectivity index (χ3v) is 8.42. The maximum atomic E-state index is 14.8. The van der Waals surface area contributed by atoms with Crippen LogP contribution in [0, 0.1) is 52.8 Å². The Labute approximate surface area is 238 Å². The number of likely N-dealkylation sites (N-methyl/N-ethyl adjacent to an activating group) is 1. The van der Waals surface area contributed by atoms with Crippen LogP contribution in [0.4, 0.5) is 22.0 Å². The predicted octanol–water partition coefficient (Wildman–Crippen LogP) is 0.531. The van der Waals surface area contributed by atoms with Crippen LogP contribution in [0.15, 0.2) is 18.2 Å². The number of phenols is 1. The van der Waals surface area contributed by atoms with Gasteiger partial charge < -0.3 is 21.1 Å². The molecule has 2 aromatic rings. The minimum absolute atomic E-state index is 0.377. The molecule has 0 bridgehead atoms. The first-order valence-corrected chi connectivity index (χ1v) is 12.6. The third-order valence-electron chi connectivity index (χ3n) is 8.42. The lowest BCUT2D eigenvalue weighted by molar-refractivity contribution is -0.192. The molecule has 226 valence electrons. The Balaban J connectivity index is 1.86. The van der Waals surface area contributed by atoms with E-state index in [0.717, 1.165) is 23.1 Å². The third kappa shape index (κ3) is 3.84. The highest BCUT2D eigenvalue weighted by Crippen LogP contribution is 2.54. The van der Waals surface area contributed by atoms with Crippen molar-refractivity contribution in [3.63, 3.8) is 0 Å². The van der Waals surface area contributed by atoms with Crippen LogP contribution in [-0.2, 0) is 19.2 Å². The summed E-state index contributed by atoms with van der Waals surface area (Å²) in [5.41, 5.74) is -1.32. The zero-order chi connectivity index (χ0) is 32.0. The Morgan fingerprint density at radius 1 is 0.953 bits per heavy atom. The number of halogens is 5. The average Bonchev–Trinajstić information content (AvgIpc) is 2.93. The van der Waals surface area contributed by atoms with Crippen molar-refractivity contribution in [3.05, 3.63) is 64.0 Å². The first kappa shape index (κ1) is 30.1. The molecule has 43 heavy (non-hydrogen) atoms. The number of rotatable bonds is 3. The zero-order valence-corrected chi connectivity index (χ0v) is 22.1. The number of nitrogens with two attached hydrogens (primary N) is 1. The van der Waals surface area contributed by atoms with Crippen LogP contribution >= 0.6 is 0 Å². The second kappa shape index (κ2) is 9.86. The van der Waals surface area contributed by atoms with E-state index in [4.69, 9.17) is 5.73 Å². The van der Waals surface area contributed by atoms with Gasteiger partial charge in [-0.1, -0.05) is 12.1 Å². The number of phenolic OH excluding ortho intramolecular Hbond substituents is 1. The highest BCUT2D eigenvalue weighted by molar-refractivity contribution is 6.33. The van der Waals surface area contributed by atoms with Crippen LogP contribution in [0.25, 0.3) is 11.6 Å². The summed E-state index contributed by atoms with van der Waals surface area (Å²) in [6.07, 6.45) is -1.88. The van der Waals surface area contributed by atoms with Crippen LogP contribution in [-0.4, -0.2) is 81.1 Å². The van der Waals surface area contributed by atoms with Gasteiger partial charge in [0.05, 0.1) is 35.1 Å². The zero-order valence-electron chi connectivity index (χ0n) is 22.1. The van der Waals surface area contributed by atoms with Crippen molar-refractivity contribution in [1.29, 1.82) is 0 Å². The quantitative estimate of drug-likeness (QED) is 0.168. The minimum atomic E-state index is -3.38. The predicted molar refractivity (Wildman–Crippen MR) is 133 cm³/mol. The average molecular weight is 608 g/mol. The van der Waals surface area contributed by atoms with E-state index >= 15 is 0 Å². The monoisotopic (exact) mass is 608 g/mol. The molecular weight excluding hydrogens is 587 g/mol. The Hall–Kier alpha value is -4.34. The molecule has 2 aromatic carbocycles. The number of hydrogen-bond acceptors (Lipinski definition) is 9. The van der Waals surface area contributed by atoms with Crippen LogP contribution in [0.2, 0.25) is 0 Å². The summed E-state index contributed by atoms with van der Waals surface area (Å²) in [7, 11) is 2.48. The Kier molecular flexibility index (Phi) is 6.91. The second-order valence-corrected chi connectivity index (χ2v) is 10.8. The fourth-order valence-corrected chi connectivity index (χ4v) is 6.57. The number of primary amides is 1. The number of Topliss-reactive ketones (excluding diaryl/α,β-unsaturated/α-hetero) is 4. The largest absolute Gasteiger partial charge is 0.507 e. The van der Waals surface area contributed by atoms with Gasteiger partial charge in [0, 0.05) is 5.92 Å². The lowest BCUT2D eigenvalue weighted by Crippen LogP contribution is -2.77. The summed E-state index contributed by atoms with van der Waals surface area (Å²) in [6.45, 7) is 0. The van der Waals surface area contributed by atoms with Crippen molar-refractivity contribution in [2.24, 2.45) is 29.4 Å². The number of aliphatic hydroxyl groups is 2. The molecule has 0 spiro atoms. The molecule has 0 radical (unpaired) electrons. The number of carbonyl (C=O) groups is 5. The highest BCUT2D eigenvalue weighted by Gasteiger charge is 2.72. The maximum absolute atomic E-state index is 14.8. The Bertz CT molecular complexity index is 1680. The van der Waals surface area contributed by atoms with Crippen LogP contribution in [0.5, 0.6) is 5.75 Å². The van der Waals surface area contributed by atoms with E-state index in [-0.39, 0.29) is 5.56 Å². The number of carbonyl (C=O) groups excluding carboxylic acids is 5. The Morgan fingerprint density at radius 2 is 1.51 bits per heavy atom. The number of benzene rings is 2. The minimum Gasteiger partial charge on any atom is -0.507 e. The van der Waals surface area contributed by atoms with Crippen molar-refractivity contribution in [2.45, 2.75) is 17.7 Å². The second-order valence-electron chi connectivity index (χ2n) is 10.8. The SMILES string of the molecule is CN(C)C1C(=O)C(C(N)=O)C(=O)C2(O)C(=O)C3C(=O)c4c(O)cccc4C(=Cc4c(F)c(F)c(F)c(F)c4F)C3C(O)C12. The van der Waals surface area contributed by atoms with E-state index < -0.39 is 122 Å². The summed E-state index contributed by atoms with van der Waals surface area (Å²) in [5, 5.41) is 33.9. The molecule has 3 aliphatic rings. The van der Waals surface area contributed by atoms with Gasteiger partial charge in [-0.2, -0.15) is 0 Å². The molecule has 7 atom stereocenters. The van der Waals surface area contributed by atoms with Crippen molar-refractivity contribution in [3.8, 4) is 5.75 Å². The summed E-state index contributed by atoms with van der Waals surface area (Å²) in [6, 6.07) is 1.46. The van der Waals surface area contributed by atoms with Gasteiger partial charge in [0.25, 0.3) is 0 Å². The summed E-state index contributed by atoms with van der Waals surface area (Å²) >= 11 is 0. The first-order chi connectivity index (χ1) is 20.0.